The van der Waals surface area contributed by atoms with Gasteiger partial charge in [0.1, 0.15) is 0 Å². The summed E-state index contributed by atoms with van der Waals surface area (Å²) in [5.74, 6) is 5.77. The Bertz CT molecular complexity index is 510. The van der Waals surface area contributed by atoms with Crippen LogP contribution in [0.1, 0.15) is 5.69 Å². The molecule has 88 valence electrons. The van der Waals surface area contributed by atoms with E-state index < -0.39 is 0 Å². The van der Waals surface area contributed by atoms with Crippen LogP contribution in [-0.4, -0.2) is 16.2 Å². The summed E-state index contributed by atoms with van der Waals surface area (Å²) in [6.07, 6.45) is 2.06. The first-order valence-electron chi connectivity index (χ1n) is 5.19. The topological polar surface area (TPSA) is 63.8 Å². The summed E-state index contributed by atoms with van der Waals surface area (Å²) in [6, 6.07) is 10.2. The molecule has 0 spiro atoms. The monoisotopic (exact) mass is 246 g/mol. The minimum Gasteiger partial charge on any atom is -0.292 e. The van der Waals surface area contributed by atoms with Gasteiger partial charge >= 0.3 is 0 Å². The largest absolute Gasteiger partial charge is 0.292 e. The molecule has 0 aliphatic rings. The zero-order valence-electron chi connectivity index (χ0n) is 9.77. The van der Waals surface area contributed by atoms with E-state index in [2.05, 4.69) is 33.8 Å². The first-order valence-corrected chi connectivity index (χ1v) is 6.42. The molecule has 4 nitrogen and oxygen atoms in total. The molecule has 2 rings (SSSR count). The number of thioether (sulfide) groups is 1. The average Bonchev–Trinajstić information content (AvgIpc) is 2.38. The van der Waals surface area contributed by atoms with Crippen molar-refractivity contribution in [2.24, 2.45) is 5.84 Å². The second-order valence-corrected chi connectivity index (χ2v) is 4.47. The third kappa shape index (κ3) is 2.75. The molecule has 0 aliphatic carbocycles. The fourth-order valence-corrected chi connectivity index (χ4v) is 1.95. The minimum absolute atomic E-state index is 0.439. The number of aromatic nitrogens is 2. The number of anilines is 1. The lowest BCUT2D eigenvalue weighted by Crippen LogP contribution is -2.11. The lowest BCUT2D eigenvalue weighted by atomic mass is 10.1. The molecule has 0 unspecified atom stereocenters. The Morgan fingerprint density at radius 2 is 1.88 bits per heavy atom. The minimum atomic E-state index is 0.439. The van der Waals surface area contributed by atoms with E-state index in [1.165, 1.54) is 4.90 Å². The van der Waals surface area contributed by atoms with Gasteiger partial charge in [-0.2, -0.15) is 0 Å². The predicted octanol–water partition coefficient (Wildman–Crippen LogP) is 2.46. The average molecular weight is 246 g/mol. The number of nitrogens with two attached hydrogens (primary N) is 1. The number of benzene rings is 1. The van der Waals surface area contributed by atoms with E-state index in [0.29, 0.717) is 5.95 Å². The van der Waals surface area contributed by atoms with Gasteiger partial charge in [-0.3, -0.25) is 5.43 Å². The summed E-state index contributed by atoms with van der Waals surface area (Å²) in [5, 5.41) is 0. The molecule has 0 radical (unpaired) electrons. The van der Waals surface area contributed by atoms with Gasteiger partial charge < -0.3 is 0 Å². The lowest BCUT2D eigenvalue weighted by Gasteiger charge is -2.06. The molecule has 0 saturated carbocycles. The number of nitrogens with zero attached hydrogens (tertiary/aromatic N) is 2. The predicted molar refractivity (Wildman–Crippen MR) is 71.8 cm³/mol. The van der Waals surface area contributed by atoms with E-state index in [0.717, 1.165) is 17.0 Å². The highest BCUT2D eigenvalue weighted by Crippen LogP contribution is 2.22. The second kappa shape index (κ2) is 5.16. The van der Waals surface area contributed by atoms with Gasteiger partial charge in [-0.05, 0) is 31.4 Å². The van der Waals surface area contributed by atoms with Crippen molar-refractivity contribution in [3.05, 3.63) is 36.0 Å². The molecule has 1 aromatic carbocycles. The van der Waals surface area contributed by atoms with Crippen molar-refractivity contribution in [1.29, 1.82) is 0 Å². The van der Waals surface area contributed by atoms with Crippen LogP contribution in [0.15, 0.2) is 35.2 Å². The van der Waals surface area contributed by atoms with Crippen LogP contribution in [0.5, 0.6) is 0 Å². The van der Waals surface area contributed by atoms with E-state index in [4.69, 9.17) is 5.84 Å². The third-order valence-electron chi connectivity index (χ3n) is 2.37. The maximum absolute atomic E-state index is 5.33. The van der Waals surface area contributed by atoms with Crippen LogP contribution in [0.25, 0.3) is 11.3 Å². The van der Waals surface area contributed by atoms with E-state index in [1.54, 1.807) is 11.8 Å². The third-order valence-corrected chi connectivity index (χ3v) is 3.11. The first kappa shape index (κ1) is 11.9. The highest BCUT2D eigenvalue weighted by molar-refractivity contribution is 7.98. The standard InChI is InChI=1S/C12H14N4S/c1-8-7-11(15-12(14-8)16-13)9-3-5-10(17-2)6-4-9/h3-7H,13H2,1-2H3,(H,14,15,16). The molecule has 0 aliphatic heterocycles. The molecule has 0 amide bonds. The second-order valence-electron chi connectivity index (χ2n) is 3.59. The lowest BCUT2D eigenvalue weighted by molar-refractivity contribution is 1.08. The fourth-order valence-electron chi connectivity index (χ4n) is 1.54. The Labute approximate surface area is 105 Å². The van der Waals surface area contributed by atoms with Crippen LogP contribution in [0.3, 0.4) is 0 Å². The molecule has 0 bridgehead atoms. The summed E-state index contributed by atoms with van der Waals surface area (Å²) >= 11 is 1.72. The molecule has 0 fully saturated rings. The Kier molecular flexibility index (Phi) is 3.61. The molecule has 5 heteroatoms. The van der Waals surface area contributed by atoms with Crippen LogP contribution in [-0.2, 0) is 0 Å². The van der Waals surface area contributed by atoms with Crippen molar-refractivity contribution in [1.82, 2.24) is 9.97 Å². The van der Waals surface area contributed by atoms with E-state index >= 15 is 0 Å². The number of hydrogen-bond donors (Lipinski definition) is 2. The maximum Gasteiger partial charge on any atom is 0.237 e. The van der Waals surface area contributed by atoms with Crippen molar-refractivity contribution >= 4 is 17.7 Å². The first-order chi connectivity index (χ1) is 8.22. The van der Waals surface area contributed by atoms with Gasteiger partial charge in [-0.25, -0.2) is 15.8 Å². The van der Waals surface area contributed by atoms with Gasteiger partial charge in [-0.1, -0.05) is 12.1 Å². The number of hydrogen-bond acceptors (Lipinski definition) is 5. The van der Waals surface area contributed by atoms with Gasteiger partial charge in [0.2, 0.25) is 5.95 Å². The summed E-state index contributed by atoms with van der Waals surface area (Å²) in [6.45, 7) is 1.92. The molecule has 1 aromatic heterocycles. The molecule has 17 heavy (non-hydrogen) atoms. The van der Waals surface area contributed by atoms with Gasteiger partial charge in [0, 0.05) is 16.2 Å². The van der Waals surface area contributed by atoms with Crippen molar-refractivity contribution in [2.45, 2.75) is 11.8 Å². The van der Waals surface area contributed by atoms with E-state index in [9.17, 15) is 0 Å². The molecule has 0 saturated heterocycles. The van der Waals surface area contributed by atoms with E-state index in [1.807, 2.05) is 25.1 Å². The zero-order chi connectivity index (χ0) is 12.3. The molecule has 2 aromatic rings. The molecule has 0 atom stereocenters. The Hall–Kier alpha value is -1.59. The van der Waals surface area contributed by atoms with Crippen LogP contribution in [0, 0.1) is 6.92 Å². The van der Waals surface area contributed by atoms with Crippen molar-refractivity contribution in [3.8, 4) is 11.3 Å². The zero-order valence-corrected chi connectivity index (χ0v) is 10.6. The SMILES string of the molecule is CSc1ccc(-c2cc(C)nc(NN)n2)cc1. The number of nitrogen functional groups attached to an aromatic ring is 1. The molecule has 1 heterocycles. The summed E-state index contributed by atoms with van der Waals surface area (Å²) in [5.41, 5.74) is 5.29. The maximum atomic E-state index is 5.33. The Morgan fingerprint density at radius 3 is 2.47 bits per heavy atom. The van der Waals surface area contributed by atoms with Gasteiger partial charge in [0.05, 0.1) is 5.69 Å². The van der Waals surface area contributed by atoms with Crippen molar-refractivity contribution < 1.29 is 0 Å². The van der Waals surface area contributed by atoms with Crippen LogP contribution < -0.4 is 11.3 Å². The van der Waals surface area contributed by atoms with Gasteiger partial charge in [-0.15, -0.1) is 11.8 Å². The van der Waals surface area contributed by atoms with Crippen LogP contribution in [0.2, 0.25) is 0 Å². The summed E-state index contributed by atoms with van der Waals surface area (Å²) in [4.78, 5) is 9.72. The van der Waals surface area contributed by atoms with Gasteiger partial charge in [0.25, 0.3) is 0 Å². The highest BCUT2D eigenvalue weighted by atomic mass is 32.2. The normalized spacial score (nSPS) is 10.3. The number of nitrogens with one attached hydrogen (secondary N) is 1. The quantitative estimate of drug-likeness (QED) is 0.495. The molecule has 3 N–H and O–H groups in total. The van der Waals surface area contributed by atoms with E-state index in [-0.39, 0.29) is 0 Å². The number of hydrazine groups is 1. The highest BCUT2D eigenvalue weighted by Gasteiger charge is 2.03. The fraction of sp³-hybridized carbons (Fsp3) is 0.167. The van der Waals surface area contributed by atoms with Crippen LogP contribution >= 0.6 is 11.8 Å². The van der Waals surface area contributed by atoms with Crippen molar-refractivity contribution in [2.75, 3.05) is 11.7 Å². The Morgan fingerprint density at radius 1 is 1.18 bits per heavy atom. The summed E-state index contributed by atoms with van der Waals surface area (Å²) in [7, 11) is 0. The smallest absolute Gasteiger partial charge is 0.237 e. The van der Waals surface area contributed by atoms with Crippen LogP contribution in [0.4, 0.5) is 5.95 Å². The van der Waals surface area contributed by atoms with Gasteiger partial charge in [0.15, 0.2) is 0 Å². The Balaban J connectivity index is 2.41. The van der Waals surface area contributed by atoms with Crippen molar-refractivity contribution in [3.63, 3.8) is 0 Å². The molecular formula is C12H14N4S. The number of rotatable bonds is 3. The summed E-state index contributed by atoms with van der Waals surface area (Å²) < 4.78 is 0. The number of aryl methyl sites for hydroxylation is 1. The molecular weight excluding hydrogens is 232 g/mol.